The zero-order chi connectivity index (χ0) is 17.4. The summed E-state index contributed by atoms with van der Waals surface area (Å²) in [7, 11) is -1.42. The average Bonchev–Trinajstić information content (AvgIpc) is 2.48. The van der Waals surface area contributed by atoms with Crippen LogP contribution in [0.15, 0.2) is 44.9 Å². The maximum absolute atomic E-state index is 12.5. The Morgan fingerprint density at radius 1 is 1.13 bits per heavy atom. The van der Waals surface area contributed by atoms with Gasteiger partial charge in [0.15, 0.2) is 4.90 Å². The molecule has 0 saturated heterocycles. The summed E-state index contributed by atoms with van der Waals surface area (Å²) in [6.45, 7) is 3.58. The van der Waals surface area contributed by atoms with E-state index in [9.17, 15) is 18.0 Å². The van der Waals surface area contributed by atoms with Crippen LogP contribution >= 0.6 is 0 Å². The first-order valence-corrected chi connectivity index (χ1v) is 8.48. The van der Waals surface area contributed by atoms with Crippen LogP contribution in [0.4, 0.5) is 0 Å². The molecular weight excluding hydrogens is 318 g/mol. The molecule has 2 aromatic rings. The van der Waals surface area contributed by atoms with E-state index in [2.05, 4.69) is 4.72 Å². The predicted molar refractivity (Wildman–Crippen MR) is 86.8 cm³/mol. The monoisotopic (exact) mass is 337 g/mol. The Bertz CT molecular complexity index is 957. The molecule has 124 valence electrons. The second-order valence-electron chi connectivity index (χ2n) is 5.45. The lowest BCUT2D eigenvalue weighted by molar-refractivity contribution is 0.557. The van der Waals surface area contributed by atoms with E-state index in [4.69, 9.17) is 0 Å². The summed E-state index contributed by atoms with van der Waals surface area (Å²) in [4.78, 5) is 23.3. The van der Waals surface area contributed by atoms with Gasteiger partial charge in [-0.3, -0.25) is 9.36 Å². The Morgan fingerprint density at radius 2 is 1.74 bits per heavy atom. The molecule has 0 aliphatic carbocycles. The molecule has 7 nitrogen and oxygen atoms in total. The summed E-state index contributed by atoms with van der Waals surface area (Å²) >= 11 is 0. The quantitative estimate of drug-likeness (QED) is 0.876. The molecule has 0 aliphatic rings. The molecule has 1 aromatic heterocycles. The van der Waals surface area contributed by atoms with Crippen molar-refractivity contribution < 1.29 is 8.42 Å². The number of benzene rings is 1. The van der Waals surface area contributed by atoms with Crippen molar-refractivity contribution in [1.82, 2.24) is 13.9 Å². The number of rotatable bonds is 4. The van der Waals surface area contributed by atoms with Crippen molar-refractivity contribution in [2.24, 2.45) is 14.1 Å². The third-order valence-corrected chi connectivity index (χ3v) is 5.21. The summed E-state index contributed by atoms with van der Waals surface area (Å²) in [5.74, 6) is 0. The van der Waals surface area contributed by atoms with E-state index < -0.39 is 32.2 Å². The van der Waals surface area contributed by atoms with E-state index in [1.807, 2.05) is 31.2 Å². The normalized spacial score (nSPS) is 13.0. The van der Waals surface area contributed by atoms with Gasteiger partial charge in [-0.2, -0.15) is 0 Å². The van der Waals surface area contributed by atoms with Crippen molar-refractivity contribution in [3.8, 4) is 0 Å². The molecule has 1 unspecified atom stereocenters. The lowest BCUT2D eigenvalue weighted by Gasteiger charge is -2.17. The number of sulfonamides is 1. The molecule has 23 heavy (non-hydrogen) atoms. The third-order valence-electron chi connectivity index (χ3n) is 3.69. The van der Waals surface area contributed by atoms with Gasteiger partial charge in [0.2, 0.25) is 10.0 Å². The van der Waals surface area contributed by atoms with Crippen LogP contribution in [0.3, 0.4) is 0 Å². The fourth-order valence-electron chi connectivity index (χ4n) is 2.39. The SMILES string of the molecule is Cc1ccccc1C(C)NS(=O)(=O)c1cn(C)c(=O)n(C)c1=O. The highest BCUT2D eigenvalue weighted by atomic mass is 32.2. The smallest absolute Gasteiger partial charge is 0.302 e. The molecule has 1 atom stereocenters. The molecule has 0 bridgehead atoms. The summed E-state index contributed by atoms with van der Waals surface area (Å²) in [5, 5.41) is 0. The van der Waals surface area contributed by atoms with Crippen molar-refractivity contribution in [2.45, 2.75) is 24.8 Å². The summed E-state index contributed by atoms with van der Waals surface area (Å²) < 4.78 is 29.4. The Morgan fingerprint density at radius 3 is 2.35 bits per heavy atom. The number of nitrogens with zero attached hydrogens (tertiary/aromatic N) is 2. The fraction of sp³-hybridized carbons (Fsp3) is 0.333. The molecular formula is C15H19N3O4S. The van der Waals surface area contributed by atoms with Crippen LogP contribution in [-0.2, 0) is 24.1 Å². The van der Waals surface area contributed by atoms with Crippen LogP contribution in [0.1, 0.15) is 24.1 Å². The zero-order valence-corrected chi connectivity index (χ0v) is 14.2. The van der Waals surface area contributed by atoms with Crippen LogP contribution in [0.2, 0.25) is 0 Å². The van der Waals surface area contributed by atoms with Gasteiger partial charge < -0.3 is 4.57 Å². The Balaban J connectivity index is 2.47. The van der Waals surface area contributed by atoms with Crippen LogP contribution in [0.25, 0.3) is 0 Å². The summed E-state index contributed by atoms with van der Waals surface area (Å²) in [6.07, 6.45) is 1.04. The molecule has 1 aromatic carbocycles. The number of hydrogen-bond donors (Lipinski definition) is 1. The van der Waals surface area contributed by atoms with Crippen molar-refractivity contribution in [3.63, 3.8) is 0 Å². The Hall–Kier alpha value is -2.19. The first-order valence-electron chi connectivity index (χ1n) is 6.99. The van der Waals surface area contributed by atoms with Gasteiger partial charge in [0.25, 0.3) is 5.56 Å². The second kappa shape index (κ2) is 6.13. The topological polar surface area (TPSA) is 90.2 Å². The molecule has 0 aliphatic heterocycles. The number of aryl methyl sites for hydroxylation is 2. The zero-order valence-electron chi connectivity index (χ0n) is 13.4. The molecule has 0 radical (unpaired) electrons. The highest BCUT2D eigenvalue weighted by Crippen LogP contribution is 2.18. The standard InChI is InChI=1S/C15H19N3O4S/c1-10-7-5-6-8-12(10)11(2)16-23(21,22)13-9-17(3)15(20)18(4)14(13)19/h5-9,11,16H,1-4H3. The third kappa shape index (κ3) is 3.27. The minimum atomic E-state index is -4.06. The molecule has 1 N–H and O–H groups in total. The highest BCUT2D eigenvalue weighted by molar-refractivity contribution is 7.89. The Kier molecular flexibility index (Phi) is 4.58. The van der Waals surface area contributed by atoms with Gasteiger partial charge in [0, 0.05) is 26.3 Å². The van der Waals surface area contributed by atoms with Crippen LogP contribution in [0, 0.1) is 6.92 Å². The van der Waals surface area contributed by atoms with Gasteiger partial charge in [-0.1, -0.05) is 24.3 Å². The maximum atomic E-state index is 12.5. The van der Waals surface area contributed by atoms with Crippen molar-refractivity contribution in [2.75, 3.05) is 0 Å². The second-order valence-corrected chi connectivity index (χ2v) is 7.13. The van der Waals surface area contributed by atoms with Crippen molar-refractivity contribution in [3.05, 3.63) is 62.4 Å². The Labute approximate surface area is 134 Å². The highest BCUT2D eigenvalue weighted by Gasteiger charge is 2.24. The van der Waals surface area contributed by atoms with E-state index >= 15 is 0 Å². The summed E-state index contributed by atoms with van der Waals surface area (Å²) in [6, 6.07) is 6.87. The van der Waals surface area contributed by atoms with Gasteiger partial charge in [-0.05, 0) is 25.0 Å². The van der Waals surface area contributed by atoms with Crippen molar-refractivity contribution in [1.29, 1.82) is 0 Å². The number of aromatic nitrogens is 2. The van der Waals surface area contributed by atoms with E-state index in [0.29, 0.717) is 0 Å². The first kappa shape index (κ1) is 17.2. The van der Waals surface area contributed by atoms with E-state index in [-0.39, 0.29) is 0 Å². The van der Waals surface area contributed by atoms with E-state index in [1.54, 1.807) is 6.92 Å². The van der Waals surface area contributed by atoms with E-state index in [0.717, 1.165) is 26.5 Å². The van der Waals surface area contributed by atoms with Gasteiger partial charge >= 0.3 is 5.69 Å². The first-order chi connectivity index (χ1) is 10.6. The van der Waals surface area contributed by atoms with E-state index in [1.165, 1.54) is 14.1 Å². The lowest BCUT2D eigenvalue weighted by Crippen LogP contribution is -2.41. The fourth-order valence-corrected chi connectivity index (χ4v) is 3.77. The minimum absolute atomic E-state index is 0.456. The minimum Gasteiger partial charge on any atom is -0.302 e. The van der Waals surface area contributed by atoms with Crippen molar-refractivity contribution >= 4 is 10.0 Å². The van der Waals surface area contributed by atoms with Crippen LogP contribution in [-0.4, -0.2) is 17.6 Å². The maximum Gasteiger partial charge on any atom is 0.330 e. The van der Waals surface area contributed by atoms with Gasteiger partial charge in [0.05, 0.1) is 0 Å². The molecule has 0 saturated carbocycles. The van der Waals surface area contributed by atoms with Gasteiger partial charge in [-0.25, -0.2) is 17.9 Å². The molecule has 2 rings (SSSR count). The lowest BCUT2D eigenvalue weighted by atomic mass is 10.0. The molecule has 0 amide bonds. The molecule has 1 heterocycles. The van der Waals surface area contributed by atoms with Gasteiger partial charge in [-0.15, -0.1) is 0 Å². The largest absolute Gasteiger partial charge is 0.330 e. The number of nitrogens with one attached hydrogen (secondary N) is 1. The molecule has 0 spiro atoms. The molecule has 0 fully saturated rings. The van der Waals surface area contributed by atoms with Crippen LogP contribution in [0.5, 0.6) is 0 Å². The van der Waals surface area contributed by atoms with Crippen LogP contribution < -0.4 is 16.0 Å². The predicted octanol–water partition coefficient (Wildman–Crippen LogP) is 0.432. The summed E-state index contributed by atoms with van der Waals surface area (Å²) in [5.41, 5.74) is 0.326. The van der Waals surface area contributed by atoms with Gasteiger partial charge in [0.1, 0.15) is 0 Å². The number of hydrogen-bond acceptors (Lipinski definition) is 4. The molecule has 8 heteroatoms. The average molecular weight is 337 g/mol.